The monoisotopic (exact) mass is 210 g/mol. The lowest BCUT2D eigenvalue weighted by Gasteiger charge is -2.38. The summed E-state index contributed by atoms with van der Waals surface area (Å²) in [6.07, 6.45) is 1.98. The minimum atomic E-state index is -2.12. The maximum Gasteiger partial charge on any atom is 0.0376 e. The van der Waals surface area contributed by atoms with Crippen LogP contribution in [-0.2, 0) is 0 Å². The molecule has 1 fully saturated rings. The molecule has 0 aromatic heterocycles. The smallest absolute Gasteiger partial charge is 0.0376 e. The highest BCUT2D eigenvalue weighted by Gasteiger charge is 2.20. The minimum absolute atomic E-state index is 0.633. The lowest BCUT2D eigenvalue weighted by Crippen LogP contribution is -2.18. The van der Waals surface area contributed by atoms with Gasteiger partial charge in [0.2, 0.25) is 0 Å². The first-order chi connectivity index (χ1) is 6.10. The SMILES string of the molecule is CC.CC.CC1CCS(O)(O)CC1. The van der Waals surface area contributed by atoms with Crippen LogP contribution in [0, 0.1) is 5.92 Å². The van der Waals surface area contributed by atoms with E-state index < -0.39 is 10.6 Å². The van der Waals surface area contributed by atoms with E-state index in [2.05, 4.69) is 6.92 Å². The lowest BCUT2D eigenvalue weighted by atomic mass is 10.1. The fourth-order valence-corrected chi connectivity index (χ4v) is 2.79. The van der Waals surface area contributed by atoms with Crippen molar-refractivity contribution in [3.8, 4) is 0 Å². The third kappa shape index (κ3) is 8.60. The van der Waals surface area contributed by atoms with Crippen molar-refractivity contribution in [2.24, 2.45) is 5.92 Å². The molecule has 0 aliphatic carbocycles. The van der Waals surface area contributed by atoms with E-state index in [9.17, 15) is 0 Å². The highest BCUT2D eigenvalue weighted by Crippen LogP contribution is 2.45. The van der Waals surface area contributed by atoms with E-state index in [-0.39, 0.29) is 0 Å². The van der Waals surface area contributed by atoms with Gasteiger partial charge in [-0.2, -0.15) is 10.6 Å². The normalized spacial score (nSPS) is 23.0. The van der Waals surface area contributed by atoms with Crippen LogP contribution in [0.1, 0.15) is 47.5 Å². The lowest BCUT2D eigenvalue weighted by molar-refractivity contribution is 0.435. The molecule has 2 N–H and O–H groups in total. The van der Waals surface area contributed by atoms with Gasteiger partial charge in [0.1, 0.15) is 0 Å². The van der Waals surface area contributed by atoms with Crippen LogP contribution in [0.15, 0.2) is 0 Å². The van der Waals surface area contributed by atoms with Gasteiger partial charge < -0.3 is 0 Å². The van der Waals surface area contributed by atoms with Crippen LogP contribution in [0.3, 0.4) is 0 Å². The maximum absolute atomic E-state index is 9.13. The molecule has 13 heavy (non-hydrogen) atoms. The van der Waals surface area contributed by atoms with Crippen LogP contribution in [0.25, 0.3) is 0 Å². The van der Waals surface area contributed by atoms with Crippen LogP contribution in [-0.4, -0.2) is 20.6 Å². The Kier molecular flexibility index (Phi) is 10.7. The van der Waals surface area contributed by atoms with Crippen LogP contribution >= 0.6 is 10.6 Å². The molecule has 0 spiro atoms. The van der Waals surface area contributed by atoms with Crippen molar-refractivity contribution in [1.29, 1.82) is 0 Å². The van der Waals surface area contributed by atoms with Crippen molar-refractivity contribution >= 4 is 10.6 Å². The van der Waals surface area contributed by atoms with Gasteiger partial charge in [0.25, 0.3) is 0 Å². The van der Waals surface area contributed by atoms with Crippen molar-refractivity contribution in [3.05, 3.63) is 0 Å². The van der Waals surface area contributed by atoms with E-state index in [0.29, 0.717) is 17.4 Å². The first-order valence-corrected chi connectivity index (χ1v) is 7.22. The molecule has 0 unspecified atom stereocenters. The Morgan fingerprint density at radius 3 is 1.46 bits per heavy atom. The molecule has 0 radical (unpaired) electrons. The molecule has 3 heteroatoms. The van der Waals surface area contributed by atoms with E-state index >= 15 is 0 Å². The van der Waals surface area contributed by atoms with E-state index in [4.69, 9.17) is 9.11 Å². The fraction of sp³-hybridized carbons (Fsp3) is 1.00. The van der Waals surface area contributed by atoms with Crippen LogP contribution in [0.5, 0.6) is 0 Å². The molecule has 0 atom stereocenters. The molecule has 84 valence electrons. The van der Waals surface area contributed by atoms with Gasteiger partial charge in [-0.3, -0.25) is 9.11 Å². The third-order valence-corrected chi connectivity index (χ3v) is 3.65. The number of rotatable bonds is 0. The first-order valence-electron chi connectivity index (χ1n) is 5.34. The molecule has 2 nitrogen and oxygen atoms in total. The number of hydrogen-bond acceptors (Lipinski definition) is 2. The average Bonchev–Trinajstić information content (AvgIpc) is 2.17. The largest absolute Gasteiger partial charge is 0.299 e. The summed E-state index contributed by atoms with van der Waals surface area (Å²) in [5.41, 5.74) is 0. The van der Waals surface area contributed by atoms with Crippen LogP contribution < -0.4 is 0 Å². The second-order valence-electron chi connectivity index (χ2n) is 2.89. The summed E-state index contributed by atoms with van der Waals surface area (Å²) in [5.74, 6) is 1.97. The number of hydrogen-bond donors (Lipinski definition) is 2. The molecule has 0 saturated carbocycles. The van der Waals surface area contributed by atoms with Crippen molar-refractivity contribution < 1.29 is 9.11 Å². The Morgan fingerprint density at radius 1 is 0.923 bits per heavy atom. The summed E-state index contributed by atoms with van der Waals surface area (Å²) in [6.45, 7) is 10.2. The molecule has 1 heterocycles. The second kappa shape index (κ2) is 8.85. The van der Waals surface area contributed by atoms with Crippen molar-refractivity contribution in [2.75, 3.05) is 11.5 Å². The van der Waals surface area contributed by atoms with Gasteiger partial charge in [0, 0.05) is 11.5 Å². The van der Waals surface area contributed by atoms with Gasteiger partial charge in [-0.05, 0) is 18.8 Å². The topological polar surface area (TPSA) is 40.5 Å². The van der Waals surface area contributed by atoms with E-state index in [1.165, 1.54) is 0 Å². The van der Waals surface area contributed by atoms with Gasteiger partial charge in [-0.15, -0.1) is 0 Å². The van der Waals surface area contributed by atoms with E-state index in [1.807, 2.05) is 27.7 Å². The Hall–Kier alpha value is 0.270. The Labute approximate surface area is 85.1 Å². The summed E-state index contributed by atoms with van der Waals surface area (Å²) >= 11 is 0. The van der Waals surface area contributed by atoms with Crippen LogP contribution in [0.4, 0.5) is 0 Å². The third-order valence-electron chi connectivity index (χ3n) is 1.88. The zero-order valence-electron chi connectivity index (χ0n) is 9.71. The van der Waals surface area contributed by atoms with Gasteiger partial charge in [-0.25, -0.2) is 0 Å². The molecule has 1 saturated heterocycles. The van der Waals surface area contributed by atoms with Crippen molar-refractivity contribution in [1.82, 2.24) is 0 Å². The molecular weight excluding hydrogens is 184 g/mol. The molecule has 1 rings (SSSR count). The summed E-state index contributed by atoms with van der Waals surface area (Å²) in [4.78, 5) is 0. The molecule has 0 aromatic carbocycles. The van der Waals surface area contributed by atoms with Crippen molar-refractivity contribution in [2.45, 2.75) is 47.5 Å². The maximum atomic E-state index is 9.13. The standard InChI is InChI=1S/C6H14O2S.2C2H6/c1-6-2-4-9(7,8)5-3-6;2*1-2/h6-8H,2-5H2,1H3;2*1-2H3. The summed E-state index contributed by atoms with van der Waals surface area (Å²) < 4.78 is 18.3. The Bertz CT molecular complexity index is 95.1. The summed E-state index contributed by atoms with van der Waals surface area (Å²) in [6, 6.07) is 0. The Balaban J connectivity index is 0. The fourth-order valence-electron chi connectivity index (χ4n) is 1.03. The van der Waals surface area contributed by atoms with Crippen molar-refractivity contribution in [3.63, 3.8) is 0 Å². The van der Waals surface area contributed by atoms with Gasteiger partial charge >= 0.3 is 0 Å². The second-order valence-corrected chi connectivity index (χ2v) is 5.31. The molecule has 0 bridgehead atoms. The molecule has 1 aliphatic rings. The van der Waals surface area contributed by atoms with Gasteiger partial charge in [0.05, 0.1) is 0 Å². The molecule has 0 aromatic rings. The van der Waals surface area contributed by atoms with Gasteiger partial charge in [0.15, 0.2) is 0 Å². The highest BCUT2D eigenvalue weighted by atomic mass is 32.3. The molecular formula is C10H26O2S. The molecule has 0 amide bonds. The van der Waals surface area contributed by atoms with Gasteiger partial charge in [-0.1, -0.05) is 34.6 Å². The summed E-state index contributed by atoms with van der Waals surface area (Å²) in [7, 11) is -2.12. The zero-order chi connectivity index (χ0) is 10.9. The quantitative estimate of drug-likeness (QED) is 0.628. The highest BCUT2D eigenvalue weighted by molar-refractivity contribution is 8.24. The van der Waals surface area contributed by atoms with E-state index in [0.717, 1.165) is 12.8 Å². The van der Waals surface area contributed by atoms with Crippen LogP contribution in [0.2, 0.25) is 0 Å². The summed E-state index contributed by atoms with van der Waals surface area (Å²) in [5, 5.41) is 0. The van der Waals surface area contributed by atoms with E-state index in [1.54, 1.807) is 0 Å². The first kappa shape index (κ1) is 15.7. The Morgan fingerprint density at radius 2 is 1.23 bits per heavy atom. The molecule has 1 aliphatic heterocycles. The predicted molar refractivity (Wildman–Crippen MR) is 63.7 cm³/mol. The zero-order valence-corrected chi connectivity index (χ0v) is 10.5. The average molecular weight is 210 g/mol. The predicted octanol–water partition coefficient (Wildman–Crippen LogP) is 4.22. The minimum Gasteiger partial charge on any atom is -0.299 e.